The van der Waals surface area contributed by atoms with E-state index in [0.29, 0.717) is 16.6 Å². The lowest BCUT2D eigenvalue weighted by Gasteiger charge is -2.25. The number of hydrogen-bond donors (Lipinski definition) is 3. The molecule has 0 bridgehead atoms. The van der Waals surface area contributed by atoms with Gasteiger partial charge in [0.2, 0.25) is 5.91 Å². The first-order valence-electron chi connectivity index (χ1n) is 11.9. The van der Waals surface area contributed by atoms with Crippen LogP contribution in [-0.4, -0.2) is 38.5 Å². The summed E-state index contributed by atoms with van der Waals surface area (Å²) < 4.78 is 20.2. The van der Waals surface area contributed by atoms with Gasteiger partial charge in [0.25, 0.3) is 0 Å². The van der Waals surface area contributed by atoms with E-state index in [1.807, 2.05) is 35.2 Å². The van der Waals surface area contributed by atoms with Gasteiger partial charge in [-0.05, 0) is 60.7 Å². The molecule has 0 saturated carbocycles. The predicted octanol–water partition coefficient (Wildman–Crippen LogP) is 5.18. The molecular weight excluding hydrogens is 507 g/mol. The number of pyridine rings is 1. The van der Waals surface area contributed by atoms with Gasteiger partial charge in [0.1, 0.15) is 23.4 Å². The summed E-state index contributed by atoms with van der Waals surface area (Å²) in [6.45, 7) is 0.253. The normalized spacial score (nSPS) is 16.8. The van der Waals surface area contributed by atoms with Crippen LogP contribution in [0.2, 0.25) is 0 Å². The highest BCUT2D eigenvalue weighted by Gasteiger charge is 2.41. The number of thiocarbonyl (C=S) groups is 1. The number of furan rings is 1. The molecule has 3 heterocycles. The Morgan fingerprint density at radius 1 is 1.05 bits per heavy atom. The number of halogens is 1. The maximum absolute atomic E-state index is 14.0. The van der Waals surface area contributed by atoms with E-state index in [1.165, 1.54) is 24.3 Å². The third-order valence-electron chi connectivity index (χ3n) is 6.26. The Morgan fingerprint density at radius 2 is 1.82 bits per heavy atom. The Balaban J connectivity index is 1.40. The SMILES string of the molecule is O=C(CCN1C(=S)N[C@H](c2ccccn2)[C@@H]1c1ccc(-c2ccc(C(=O)O)cc2)o1)Nc1ccccc1F. The van der Waals surface area contributed by atoms with E-state index < -0.39 is 17.8 Å². The van der Waals surface area contributed by atoms with Crippen LogP contribution in [0.4, 0.5) is 10.1 Å². The Labute approximate surface area is 223 Å². The van der Waals surface area contributed by atoms with E-state index in [9.17, 15) is 19.1 Å². The number of aromatic carboxylic acids is 1. The van der Waals surface area contributed by atoms with Crippen LogP contribution >= 0.6 is 12.2 Å². The third-order valence-corrected chi connectivity index (χ3v) is 6.61. The lowest BCUT2D eigenvalue weighted by Crippen LogP contribution is -2.32. The summed E-state index contributed by atoms with van der Waals surface area (Å²) in [7, 11) is 0. The first-order valence-corrected chi connectivity index (χ1v) is 12.3. The molecule has 0 unspecified atom stereocenters. The number of anilines is 1. The number of rotatable bonds is 8. The highest BCUT2D eigenvalue weighted by Crippen LogP contribution is 2.40. The molecule has 1 fully saturated rings. The molecule has 2 aromatic carbocycles. The molecule has 0 spiro atoms. The van der Waals surface area contributed by atoms with Crippen LogP contribution in [0.15, 0.2) is 89.5 Å². The zero-order chi connectivity index (χ0) is 26.6. The molecule has 5 rings (SSSR count). The Morgan fingerprint density at radius 3 is 2.53 bits per heavy atom. The van der Waals surface area contributed by atoms with E-state index in [0.717, 1.165) is 11.3 Å². The maximum atomic E-state index is 14.0. The number of hydrogen-bond acceptors (Lipinski definition) is 5. The Hall–Kier alpha value is -4.57. The predicted molar refractivity (Wildman–Crippen MR) is 143 cm³/mol. The second-order valence-corrected chi connectivity index (χ2v) is 9.07. The van der Waals surface area contributed by atoms with Crippen molar-refractivity contribution in [3.05, 3.63) is 108 Å². The van der Waals surface area contributed by atoms with Gasteiger partial charge in [-0.2, -0.15) is 0 Å². The van der Waals surface area contributed by atoms with Crippen molar-refractivity contribution in [2.75, 3.05) is 11.9 Å². The third kappa shape index (κ3) is 5.25. The highest BCUT2D eigenvalue weighted by molar-refractivity contribution is 7.80. The molecule has 1 aliphatic rings. The van der Waals surface area contributed by atoms with Gasteiger partial charge >= 0.3 is 5.97 Å². The summed E-state index contributed by atoms with van der Waals surface area (Å²) in [5.41, 5.74) is 1.77. The number of carbonyl (C=O) groups is 2. The number of nitrogens with zero attached hydrogens (tertiary/aromatic N) is 2. The van der Waals surface area contributed by atoms with Crippen LogP contribution < -0.4 is 10.6 Å². The van der Waals surface area contributed by atoms with Crippen molar-refractivity contribution in [3.63, 3.8) is 0 Å². The van der Waals surface area contributed by atoms with Crippen molar-refractivity contribution in [1.82, 2.24) is 15.2 Å². The van der Waals surface area contributed by atoms with Crippen molar-refractivity contribution in [2.24, 2.45) is 0 Å². The molecule has 2 atom stereocenters. The lowest BCUT2D eigenvalue weighted by atomic mass is 10.0. The first kappa shape index (κ1) is 25.1. The minimum atomic E-state index is -1.00. The van der Waals surface area contributed by atoms with Gasteiger partial charge in [0, 0.05) is 24.7 Å². The number of aromatic nitrogens is 1. The van der Waals surface area contributed by atoms with Crippen LogP contribution in [0.25, 0.3) is 11.3 Å². The number of amides is 1. The van der Waals surface area contributed by atoms with E-state index in [2.05, 4.69) is 15.6 Å². The molecule has 38 heavy (non-hydrogen) atoms. The van der Waals surface area contributed by atoms with Gasteiger partial charge in [0.05, 0.1) is 23.0 Å². The first-order chi connectivity index (χ1) is 18.4. The van der Waals surface area contributed by atoms with Crippen molar-refractivity contribution >= 4 is 34.9 Å². The largest absolute Gasteiger partial charge is 0.478 e. The average molecular weight is 531 g/mol. The fraction of sp³-hybridized carbons (Fsp3) is 0.143. The highest BCUT2D eigenvalue weighted by atomic mass is 32.1. The van der Waals surface area contributed by atoms with Crippen LogP contribution in [0, 0.1) is 5.82 Å². The molecule has 1 aliphatic heterocycles. The topological polar surface area (TPSA) is 108 Å². The summed E-state index contributed by atoms with van der Waals surface area (Å²) in [6.07, 6.45) is 1.75. The number of para-hydroxylation sites is 1. The number of nitrogens with one attached hydrogen (secondary N) is 2. The van der Waals surface area contributed by atoms with E-state index in [-0.39, 0.29) is 36.2 Å². The molecule has 3 N–H and O–H groups in total. The minimum absolute atomic E-state index is 0.0613. The smallest absolute Gasteiger partial charge is 0.335 e. The summed E-state index contributed by atoms with van der Waals surface area (Å²) in [6, 6.07) is 20.9. The van der Waals surface area contributed by atoms with Gasteiger partial charge < -0.3 is 25.1 Å². The van der Waals surface area contributed by atoms with Crippen LogP contribution in [0.3, 0.4) is 0 Å². The van der Waals surface area contributed by atoms with Gasteiger partial charge in [-0.15, -0.1) is 0 Å². The van der Waals surface area contributed by atoms with Crippen LogP contribution in [-0.2, 0) is 4.79 Å². The zero-order valence-electron chi connectivity index (χ0n) is 20.0. The Kier molecular flexibility index (Phi) is 7.14. The molecule has 192 valence electrons. The molecule has 1 amide bonds. The molecule has 8 nitrogen and oxygen atoms in total. The zero-order valence-corrected chi connectivity index (χ0v) is 20.8. The second-order valence-electron chi connectivity index (χ2n) is 8.68. The second kappa shape index (κ2) is 10.8. The van der Waals surface area contributed by atoms with Gasteiger partial charge in [-0.3, -0.25) is 9.78 Å². The van der Waals surface area contributed by atoms with E-state index in [4.69, 9.17) is 16.6 Å². The number of benzene rings is 2. The standard InChI is InChI=1S/C28H23FN4O4S/c29-19-5-1-2-6-20(19)31-24(34)14-16-33-26(25(32-28(33)38)21-7-3-4-15-30-21)23-13-12-22(37-23)17-8-10-18(11-9-17)27(35)36/h1-13,15,25-26H,14,16H2,(H,31,34)(H,32,38)(H,35,36)/t25-,26+/m1/s1. The van der Waals surface area contributed by atoms with Gasteiger partial charge in [0.15, 0.2) is 5.11 Å². The molecule has 2 aromatic heterocycles. The quantitative estimate of drug-likeness (QED) is 0.268. The maximum Gasteiger partial charge on any atom is 0.335 e. The summed E-state index contributed by atoms with van der Waals surface area (Å²) in [4.78, 5) is 30.2. The summed E-state index contributed by atoms with van der Waals surface area (Å²) in [5.74, 6) is -0.704. The molecular formula is C28H23FN4O4S. The molecule has 10 heteroatoms. The van der Waals surface area contributed by atoms with Crippen molar-refractivity contribution < 1.29 is 23.5 Å². The fourth-order valence-corrected chi connectivity index (χ4v) is 4.73. The average Bonchev–Trinajstić information content (AvgIpc) is 3.54. The van der Waals surface area contributed by atoms with Crippen LogP contribution in [0.5, 0.6) is 0 Å². The monoisotopic (exact) mass is 530 g/mol. The minimum Gasteiger partial charge on any atom is -0.478 e. The van der Waals surface area contributed by atoms with Gasteiger partial charge in [-0.1, -0.05) is 30.3 Å². The molecule has 0 radical (unpaired) electrons. The van der Waals surface area contributed by atoms with E-state index in [1.54, 1.807) is 30.5 Å². The van der Waals surface area contributed by atoms with Crippen molar-refractivity contribution in [3.8, 4) is 11.3 Å². The number of carboxylic acids is 1. The van der Waals surface area contributed by atoms with Crippen LogP contribution in [0.1, 0.15) is 40.3 Å². The Bertz CT molecular complexity index is 1480. The van der Waals surface area contributed by atoms with Crippen molar-refractivity contribution in [1.29, 1.82) is 0 Å². The summed E-state index contributed by atoms with van der Waals surface area (Å²) in [5, 5.41) is 15.5. The fourth-order valence-electron chi connectivity index (χ4n) is 4.40. The van der Waals surface area contributed by atoms with Gasteiger partial charge in [-0.25, -0.2) is 9.18 Å². The molecule has 1 saturated heterocycles. The van der Waals surface area contributed by atoms with E-state index >= 15 is 0 Å². The number of carboxylic acid groups (broad SMARTS) is 1. The lowest BCUT2D eigenvalue weighted by molar-refractivity contribution is -0.116. The van der Waals surface area contributed by atoms with Crippen molar-refractivity contribution in [2.45, 2.75) is 18.5 Å². The molecule has 4 aromatic rings. The molecule has 0 aliphatic carbocycles. The number of carbonyl (C=O) groups excluding carboxylic acids is 1. The summed E-state index contributed by atoms with van der Waals surface area (Å²) >= 11 is 5.63.